The van der Waals surface area contributed by atoms with Crippen LogP contribution in [0.2, 0.25) is 0 Å². The molecule has 1 aliphatic rings. The summed E-state index contributed by atoms with van der Waals surface area (Å²) < 4.78 is 1.15. The lowest BCUT2D eigenvalue weighted by atomic mass is 9.88. The van der Waals surface area contributed by atoms with Gasteiger partial charge in [-0.05, 0) is 62.5 Å². The Labute approximate surface area is 132 Å². The van der Waals surface area contributed by atoms with Gasteiger partial charge in [0.1, 0.15) is 0 Å². The van der Waals surface area contributed by atoms with E-state index in [1.54, 1.807) is 0 Å². The van der Waals surface area contributed by atoms with Gasteiger partial charge in [0.25, 0.3) is 0 Å². The topological polar surface area (TPSA) is 15.3 Å². The first-order valence-electron chi connectivity index (χ1n) is 7.75. The SMILES string of the molecule is CNC(CCN1CCC(C)C(C)C1)c1ccc(Br)cc1. The molecule has 0 bridgehead atoms. The van der Waals surface area contributed by atoms with Crippen LogP contribution in [-0.4, -0.2) is 31.6 Å². The lowest BCUT2D eigenvalue weighted by Crippen LogP contribution is -2.39. The Kier molecular flexibility index (Phi) is 6.06. The predicted octanol–water partition coefficient (Wildman–Crippen LogP) is 4.08. The molecule has 0 aromatic heterocycles. The van der Waals surface area contributed by atoms with Crippen molar-refractivity contribution >= 4 is 15.9 Å². The van der Waals surface area contributed by atoms with Crippen LogP contribution in [0.3, 0.4) is 0 Å². The molecule has 1 heterocycles. The molecule has 1 aliphatic heterocycles. The first-order valence-corrected chi connectivity index (χ1v) is 8.54. The van der Waals surface area contributed by atoms with Crippen LogP contribution in [0.1, 0.15) is 38.3 Å². The predicted molar refractivity (Wildman–Crippen MR) is 89.9 cm³/mol. The fourth-order valence-electron chi connectivity index (χ4n) is 3.04. The lowest BCUT2D eigenvalue weighted by molar-refractivity contribution is 0.134. The van der Waals surface area contributed by atoms with Crippen molar-refractivity contribution in [2.45, 2.75) is 32.7 Å². The molecule has 3 atom stereocenters. The minimum Gasteiger partial charge on any atom is -0.313 e. The van der Waals surface area contributed by atoms with Gasteiger partial charge in [0.05, 0.1) is 0 Å². The van der Waals surface area contributed by atoms with Gasteiger partial charge < -0.3 is 10.2 Å². The maximum atomic E-state index is 3.50. The number of nitrogens with one attached hydrogen (secondary N) is 1. The van der Waals surface area contributed by atoms with E-state index in [-0.39, 0.29) is 0 Å². The number of benzene rings is 1. The molecule has 1 fully saturated rings. The number of likely N-dealkylation sites (tertiary alicyclic amines) is 1. The molecule has 0 spiro atoms. The summed E-state index contributed by atoms with van der Waals surface area (Å²) in [5.41, 5.74) is 1.38. The van der Waals surface area contributed by atoms with Crippen molar-refractivity contribution in [2.24, 2.45) is 11.8 Å². The van der Waals surface area contributed by atoms with Crippen molar-refractivity contribution in [1.82, 2.24) is 10.2 Å². The van der Waals surface area contributed by atoms with E-state index < -0.39 is 0 Å². The third kappa shape index (κ3) is 4.31. The van der Waals surface area contributed by atoms with E-state index in [2.05, 4.69) is 71.3 Å². The van der Waals surface area contributed by atoms with Gasteiger partial charge in [-0.25, -0.2) is 0 Å². The van der Waals surface area contributed by atoms with Crippen LogP contribution < -0.4 is 5.32 Å². The average Bonchev–Trinajstić information content (AvgIpc) is 2.45. The van der Waals surface area contributed by atoms with Crippen molar-refractivity contribution < 1.29 is 0 Å². The van der Waals surface area contributed by atoms with E-state index in [9.17, 15) is 0 Å². The summed E-state index contributed by atoms with van der Waals surface area (Å²) in [6.07, 6.45) is 2.53. The summed E-state index contributed by atoms with van der Waals surface area (Å²) in [4.78, 5) is 2.63. The number of nitrogens with zero attached hydrogens (tertiary/aromatic N) is 1. The van der Waals surface area contributed by atoms with Crippen molar-refractivity contribution in [3.8, 4) is 0 Å². The zero-order valence-corrected chi connectivity index (χ0v) is 14.5. The number of halogens is 1. The standard InChI is InChI=1S/C17H27BrN2/c1-13-8-10-20(12-14(13)2)11-9-17(19-3)15-4-6-16(18)7-5-15/h4-7,13-14,17,19H,8-12H2,1-3H3. The summed E-state index contributed by atoms with van der Waals surface area (Å²) in [6.45, 7) is 8.50. The van der Waals surface area contributed by atoms with Crippen LogP contribution in [0.5, 0.6) is 0 Å². The van der Waals surface area contributed by atoms with Gasteiger partial charge >= 0.3 is 0 Å². The molecule has 3 heteroatoms. The third-order valence-corrected chi connectivity index (χ3v) is 5.30. The van der Waals surface area contributed by atoms with E-state index in [0.717, 1.165) is 16.3 Å². The molecular formula is C17H27BrN2. The Morgan fingerprint density at radius 2 is 1.95 bits per heavy atom. The molecule has 0 saturated carbocycles. The highest BCUT2D eigenvalue weighted by molar-refractivity contribution is 9.10. The van der Waals surface area contributed by atoms with Crippen LogP contribution in [0.25, 0.3) is 0 Å². The number of hydrogen-bond donors (Lipinski definition) is 1. The zero-order chi connectivity index (χ0) is 14.5. The first kappa shape index (κ1) is 16.0. The van der Waals surface area contributed by atoms with Gasteiger partial charge in [0, 0.05) is 17.1 Å². The van der Waals surface area contributed by atoms with Gasteiger partial charge in [-0.15, -0.1) is 0 Å². The Morgan fingerprint density at radius 3 is 2.55 bits per heavy atom. The van der Waals surface area contributed by atoms with Gasteiger partial charge in [0.15, 0.2) is 0 Å². The van der Waals surface area contributed by atoms with Crippen LogP contribution in [0, 0.1) is 11.8 Å². The normalized spacial score (nSPS) is 25.6. The molecule has 0 radical (unpaired) electrons. The molecule has 2 nitrogen and oxygen atoms in total. The number of piperidine rings is 1. The van der Waals surface area contributed by atoms with Gasteiger partial charge in [-0.1, -0.05) is 41.9 Å². The van der Waals surface area contributed by atoms with Gasteiger partial charge in [-0.3, -0.25) is 0 Å². The molecule has 1 saturated heterocycles. The molecule has 112 valence electrons. The average molecular weight is 339 g/mol. The van der Waals surface area contributed by atoms with Gasteiger partial charge in [0.2, 0.25) is 0 Å². The van der Waals surface area contributed by atoms with E-state index in [1.807, 2.05) is 0 Å². The molecular weight excluding hydrogens is 312 g/mol. The number of rotatable bonds is 5. The highest BCUT2D eigenvalue weighted by Crippen LogP contribution is 2.24. The zero-order valence-electron chi connectivity index (χ0n) is 12.9. The lowest BCUT2D eigenvalue weighted by Gasteiger charge is -2.36. The van der Waals surface area contributed by atoms with Crippen molar-refractivity contribution in [3.63, 3.8) is 0 Å². The maximum Gasteiger partial charge on any atom is 0.0329 e. The van der Waals surface area contributed by atoms with E-state index in [0.29, 0.717) is 6.04 Å². The minimum absolute atomic E-state index is 0.456. The molecule has 1 aromatic rings. The Balaban J connectivity index is 1.86. The van der Waals surface area contributed by atoms with Crippen molar-refractivity contribution in [3.05, 3.63) is 34.3 Å². The summed E-state index contributed by atoms with van der Waals surface area (Å²) in [5.74, 6) is 1.72. The van der Waals surface area contributed by atoms with Crippen molar-refractivity contribution in [2.75, 3.05) is 26.7 Å². The second-order valence-corrected chi connectivity index (χ2v) is 7.14. The summed E-state index contributed by atoms with van der Waals surface area (Å²) in [5, 5.41) is 3.46. The second kappa shape index (κ2) is 7.58. The number of hydrogen-bond acceptors (Lipinski definition) is 2. The minimum atomic E-state index is 0.456. The van der Waals surface area contributed by atoms with Gasteiger partial charge in [-0.2, -0.15) is 0 Å². The quantitative estimate of drug-likeness (QED) is 0.870. The summed E-state index contributed by atoms with van der Waals surface area (Å²) in [6, 6.07) is 9.14. The molecule has 1 N–H and O–H groups in total. The van der Waals surface area contributed by atoms with E-state index in [1.165, 1.54) is 38.0 Å². The largest absolute Gasteiger partial charge is 0.313 e. The first-order chi connectivity index (χ1) is 9.60. The second-order valence-electron chi connectivity index (χ2n) is 6.23. The fraction of sp³-hybridized carbons (Fsp3) is 0.647. The Hall–Kier alpha value is -0.380. The van der Waals surface area contributed by atoms with Crippen LogP contribution in [0.4, 0.5) is 0 Å². The fourth-order valence-corrected chi connectivity index (χ4v) is 3.30. The highest BCUT2D eigenvalue weighted by Gasteiger charge is 2.23. The van der Waals surface area contributed by atoms with Crippen molar-refractivity contribution in [1.29, 1.82) is 0 Å². The molecule has 20 heavy (non-hydrogen) atoms. The van der Waals surface area contributed by atoms with Crippen LogP contribution in [0.15, 0.2) is 28.7 Å². The summed E-state index contributed by atoms with van der Waals surface area (Å²) in [7, 11) is 2.06. The Bertz CT molecular complexity index is 404. The van der Waals surface area contributed by atoms with Crippen LogP contribution >= 0.6 is 15.9 Å². The molecule has 0 aliphatic carbocycles. The van der Waals surface area contributed by atoms with E-state index in [4.69, 9.17) is 0 Å². The summed E-state index contributed by atoms with van der Waals surface area (Å²) >= 11 is 3.50. The molecule has 0 amide bonds. The monoisotopic (exact) mass is 338 g/mol. The van der Waals surface area contributed by atoms with E-state index >= 15 is 0 Å². The Morgan fingerprint density at radius 1 is 1.25 bits per heavy atom. The maximum absolute atomic E-state index is 3.50. The highest BCUT2D eigenvalue weighted by atomic mass is 79.9. The third-order valence-electron chi connectivity index (χ3n) is 4.77. The molecule has 2 rings (SSSR count). The molecule has 1 aromatic carbocycles. The van der Waals surface area contributed by atoms with Crippen LogP contribution in [-0.2, 0) is 0 Å². The smallest absolute Gasteiger partial charge is 0.0329 e. The molecule has 3 unspecified atom stereocenters.